The van der Waals surface area contributed by atoms with Crippen LogP contribution in [0, 0.1) is 13.8 Å². The van der Waals surface area contributed by atoms with E-state index in [0.717, 1.165) is 53.0 Å². The minimum atomic E-state index is -0.103. The van der Waals surface area contributed by atoms with E-state index in [1.807, 2.05) is 42.2 Å². The number of H-pyrrole nitrogens is 1. The summed E-state index contributed by atoms with van der Waals surface area (Å²) in [6.45, 7) is 6.72. The van der Waals surface area contributed by atoms with Crippen LogP contribution in [0.5, 0.6) is 11.5 Å². The highest BCUT2D eigenvalue weighted by Crippen LogP contribution is 2.33. The molecule has 0 saturated carbocycles. The lowest BCUT2D eigenvalue weighted by Gasteiger charge is -2.27. The van der Waals surface area contributed by atoms with Crippen molar-refractivity contribution in [2.45, 2.75) is 45.9 Å². The standard InChI is InChI=1S/C26H29N3O4S/c1-16-8-19-11-20(25(30)28-22(19)9-17(16)2)14-29(26(34)27-12-21-4-3-7-31-21)13-18-5-6-23-24(10-18)33-15-32-23/h5-6,8-11,21H,3-4,7,12-15H2,1-2H3,(H,27,34)(H,28,30). The summed E-state index contributed by atoms with van der Waals surface area (Å²) in [5, 5.41) is 4.96. The molecule has 1 unspecified atom stereocenters. The molecule has 1 fully saturated rings. The predicted molar refractivity (Wildman–Crippen MR) is 135 cm³/mol. The molecule has 0 bridgehead atoms. The maximum atomic E-state index is 13.0. The number of aromatic amines is 1. The van der Waals surface area contributed by atoms with E-state index in [9.17, 15) is 4.79 Å². The van der Waals surface area contributed by atoms with Crippen molar-refractivity contribution in [2.75, 3.05) is 19.9 Å². The highest BCUT2D eigenvalue weighted by atomic mass is 32.1. The van der Waals surface area contributed by atoms with E-state index in [1.54, 1.807) is 0 Å². The first-order valence-corrected chi connectivity index (χ1v) is 12.0. The molecule has 7 nitrogen and oxygen atoms in total. The third kappa shape index (κ3) is 4.88. The number of aryl methyl sites for hydroxylation is 2. The number of hydrogen-bond donors (Lipinski definition) is 2. The van der Waals surface area contributed by atoms with Gasteiger partial charge in [0.15, 0.2) is 16.6 Å². The fourth-order valence-corrected chi connectivity index (χ4v) is 4.64. The fraction of sp³-hybridized carbons (Fsp3) is 0.385. The van der Waals surface area contributed by atoms with Gasteiger partial charge in [0.05, 0.1) is 12.6 Å². The molecule has 2 N–H and O–H groups in total. The number of ether oxygens (including phenoxy) is 3. The van der Waals surface area contributed by atoms with Crippen molar-refractivity contribution in [3.05, 3.63) is 69.0 Å². The van der Waals surface area contributed by atoms with Gasteiger partial charge in [-0.2, -0.15) is 0 Å². The monoisotopic (exact) mass is 479 g/mol. The van der Waals surface area contributed by atoms with E-state index in [0.29, 0.717) is 30.3 Å². The zero-order chi connectivity index (χ0) is 23.7. The molecule has 8 heteroatoms. The maximum absolute atomic E-state index is 13.0. The second kappa shape index (κ2) is 9.64. The van der Waals surface area contributed by atoms with Crippen LogP contribution in [0.3, 0.4) is 0 Å². The SMILES string of the molecule is Cc1cc2cc(CN(Cc3ccc4c(c3)OCO4)C(=S)NCC3CCCO3)c(=O)[nH]c2cc1C. The largest absolute Gasteiger partial charge is 0.454 e. The van der Waals surface area contributed by atoms with Crippen LogP contribution in [0.4, 0.5) is 0 Å². The first kappa shape index (κ1) is 22.7. The van der Waals surface area contributed by atoms with Crippen molar-refractivity contribution in [1.82, 2.24) is 15.2 Å². The Hall–Kier alpha value is -3.10. The number of pyridine rings is 1. The van der Waals surface area contributed by atoms with Gasteiger partial charge in [-0.1, -0.05) is 6.07 Å². The van der Waals surface area contributed by atoms with Crippen LogP contribution in [0.2, 0.25) is 0 Å². The van der Waals surface area contributed by atoms with E-state index in [4.69, 9.17) is 26.4 Å². The van der Waals surface area contributed by atoms with Gasteiger partial charge in [-0.15, -0.1) is 0 Å². The Morgan fingerprint density at radius 3 is 2.76 bits per heavy atom. The normalized spacial score (nSPS) is 16.7. The molecule has 178 valence electrons. The van der Waals surface area contributed by atoms with Gasteiger partial charge < -0.3 is 29.4 Å². The molecule has 5 rings (SSSR count). The third-order valence-electron chi connectivity index (χ3n) is 6.50. The Balaban J connectivity index is 1.41. The number of rotatable bonds is 6. The quantitative estimate of drug-likeness (QED) is 0.519. The van der Waals surface area contributed by atoms with Crippen LogP contribution >= 0.6 is 12.2 Å². The average molecular weight is 480 g/mol. The Kier molecular flexibility index (Phi) is 6.43. The summed E-state index contributed by atoms with van der Waals surface area (Å²) in [5.41, 5.74) is 4.77. The van der Waals surface area contributed by atoms with Crippen molar-refractivity contribution in [3.63, 3.8) is 0 Å². The van der Waals surface area contributed by atoms with Gasteiger partial charge in [0.25, 0.3) is 5.56 Å². The van der Waals surface area contributed by atoms with Gasteiger partial charge in [0, 0.05) is 30.8 Å². The molecule has 1 atom stereocenters. The summed E-state index contributed by atoms with van der Waals surface area (Å²) < 4.78 is 16.7. The van der Waals surface area contributed by atoms with Gasteiger partial charge in [-0.25, -0.2) is 0 Å². The molecule has 1 aromatic heterocycles. The van der Waals surface area contributed by atoms with E-state index in [-0.39, 0.29) is 18.5 Å². The number of nitrogens with zero attached hydrogens (tertiary/aromatic N) is 1. The van der Waals surface area contributed by atoms with Gasteiger partial charge in [0.2, 0.25) is 6.79 Å². The van der Waals surface area contributed by atoms with Gasteiger partial charge >= 0.3 is 0 Å². The molecule has 34 heavy (non-hydrogen) atoms. The molecule has 1 saturated heterocycles. The van der Waals surface area contributed by atoms with Crippen molar-refractivity contribution < 1.29 is 14.2 Å². The lowest BCUT2D eigenvalue weighted by molar-refractivity contribution is 0.113. The first-order valence-electron chi connectivity index (χ1n) is 11.6. The second-order valence-electron chi connectivity index (χ2n) is 9.01. The third-order valence-corrected chi connectivity index (χ3v) is 6.90. The Morgan fingerprint density at radius 1 is 1.12 bits per heavy atom. The molecular formula is C26H29N3O4S. The van der Waals surface area contributed by atoms with Crippen LogP contribution in [0.15, 0.2) is 41.2 Å². The summed E-state index contributed by atoms with van der Waals surface area (Å²) in [5.74, 6) is 1.47. The number of benzene rings is 2. The predicted octanol–water partition coefficient (Wildman–Crippen LogP) is 3.93. The molecule has 3 heterocycles. The number of aromatic nitrogens is 1. The van der Waals surface area contributed by atoms with Crippen LogP contribution < -0.4 is 20.3 Å². The first-order chi connectivity index (χ1) is 16.5. The van der Waals surface area contributed by atoms with E-state index < -0.39 is 0 Å². The van der Waals surface area contributed by atoms with Crippen LogP contribution in [0.1, 0.15) is 35.1 Å². The Morgan fingerprint density at radius 2 is 1.94 bits per heavy atom. The average Bonchev–Trinajstić information content (AvgIpc) is 3.50. The molecule has 0 amide bonds. The van der Waals surface area contributed by atoms with Crippen LogP contribution in [0.25, 0.3) is 10.9 Å². The van der Waals surface area contributed by atoms with Crippen LogP contribution in [-0.4, -0.2) is 41.0 Å². The van der Waals surface area contributed by atoms with E-state index in [1.165, 1.54) is 5.56 Å². The molecule has 0 spiro atoms. The van der Waals surface area contributed by atoms with Crippen LogP contribution in [-0.2, 0) is 17.8 Å². The molecule has 0 radical (unpaired) electrons. The summed E-state index contributed by atoms with van der Waals surface area (Å²) >= 11 is 5.78. The number of nitrogens with one attached hydrogen (secondary N) is 2. The summed E-state index contributed by atoms with van der Waals surface area (Å²) in [7, 11) is 0. The molecule has 3 aromatic rings. The van der Waals surface area contributed by atoms with Gasteiger partial charge in [0.1, 0.15) is 0 Å². The maximum Gasteiger partial charge on any atom is 0.253 e. The molecular weight excluding hydrogens is 450 g/mol. The van der Waals surface area contributed by atoms with Gasteiger partial charge in [-0.3, -0.25) is 4.79 Å². The molecule has 0 aliphatic carbocycles. The Bertz CT molecular complexity index is 1280. The molecule has 2 aliphatic rings. The Labute approximate surface area is 204 Å². The smallest absolute Gasteiger partial charge is 0.253 e. The number of thiocarbonyl (C=S) groups is 1. The number of hydrogen-bond acceptors (Lipinski definition) is 5. The lowest BCUT2D eigenvalue weighted by atomic mass is 10.0. The van der Waals surface area contributed by atoms with Crippen molar-refractivity contribution in [3.8, 4) is 11.5 Å². The molecule has 2 aromatic carbocycles. The van der Waals surface area contributed by atoms with E-state index in [2.05, 4.69) is 23.3 Å². The fourth-order valence-electron chi connectivity index (χ4n) is 4.42. The van der Waals surface area contributed by atoms with Crippen molar-refractivity contribution >= 4 is 28.2 Å². The van der Waals surface area contributed by atoms with E-state index >= 15 is 0 Å². The summed E-state index contributed by atoms with van der Waals surface area (Å²) in [6.07, 6.45) is 2.27. The lowest BCUT2D eigenvalue weighted by Crippen LogP contribution is -2.42. The highest BCUT2D eigenvalue weighted by Gasteiger charge is 2.20. The highest BCUT2D eigenvalue weighted by molar-refractivity contribution is 7.80. The topological polar surface area (TPSA) is 75.8 Å². The second-order valence-corrected chi connectivity index (χ2v) is 9.40. The van der Waals surface area contributed by atoms with Gasteiger partial charge in [-0.05, 0) is 91.3 Å². The summed E-state index contributed by atoms with van der Waals surface area (Å²) in [6, 6.07) is 12.0. The number of fused-ring (bicyclic) bond motifs is 2. The molecule has 2 aliphatic heterocycles. The van der Waals surface area contributed by atoms with Crippen molar-refractivity contribution in [2.24, 2.45) is 0 Å². The van der Waals surface area contributed by atoms with Crippen molar-refractivity contribution in [1.29, 1.82) is 0 Å². The summed E-state index contributed by atoms with van der Waals surface area (Å²) in [4.78, 5) is 18.0. The zero-order valence-corrected chi connectivity index (χ0v) is 20.3. The zero-order valence-electron chi connectivity index (χ0n) is 19.5. The minimum absolute atomic E-state index is 0.103. The minimum Gasteiger partial charge on any atom is -0.454 e.